The number of H-pyrrole nitrogens is 1. The summed E-state index contributed by atoms with van der Waals surface area (Å²) in [5.41, 5.74) is 2.15. The molecular weight excluding hydrogens is 464 g/mol. The average Bonchev–Trinajstić information content (AvgIpc) is 3.29. The molecule has 3 aromatic carbocycles. The number of rotatable bonds is 6. The number of carbonyl (C=O) groups excluding carboxylic acids is 1. The van der Waals surface area contributed by atoms with Crippen molar-refractivity contribution in [2.45, 2.75) is 6.92 Å². The van der Waals surface area contributed by atoms with Crippen LogP contribution in [0.5, 0.6) is 5.75 Å². The van der Waals surface area contributed by atoms with Gasteiger partial charge in [-0.15, -0.1) is 0 Å². The molecule has 186 valence electrons. The van der Waals surface area contributed by atoms with Crippen molar-refractivity contribution < 1.29 is 18.3 Å². The van der Waals surface area contributed by atoms with Crippen molar-refractivity contribution in [3.63, 3.8) is 0 Å². The Balaban J connectivity index is 1.34. The van der Waals surface area contributed by atoms with Crippen LogP contribution in [-0.2, 0) is 0 Å². The number of anilines is 2. The molecule has 1 aromatic heterocycles. The molecule has 5 rings (SSSR count). The van der Waals surface area contributed by atoms with Gasteiger partial charge in [0.25, 0.3) is 5.91 Å². The van der Waals surface area contributed by atoms with Gasteiger partial charge in [-0.05, 0) is 49.0 Å². The fourth-order valence-electron chi connectivity index (χ4n) is 4.54. The zero-order chi connectivity index (χ0) is 25.2. The Morgan fingerprint density at radius 1 is 1.06 bits per heavy atom. The van der Waals surface area contributed by atoms with Gasteiger partial charge in [0.1, 0.15) is 5.82 Å². The first-order valence-corrected chi connectivity index (χ1v) is 11.9. The normalized spacial score (nSPS) is 14.3. The van der Waals surface area contributed by atoms with E-state index in [0.29, 0.717) is 16.5 Å². The van der Waals surface area contributed by atoms with Gasteiger partial charge in [0.05, 0.1) is 12.6 Å². The number of amides is 1. The number of aromatic amines is 1. The fourth-order valence-corrected chi connectivity index (χ4v) is 4.54. The van der Waals surface area contributed by atoms with Gasteiger partial charge in [-0.2, -0.15) is 5.10 Å². The monoisotopic (exact) mass is 491 g/mol. The first kappa shape index (κ1) is 23.7. The molecule has 1 aliphatic heterocycles. The van der Waals surface area contributed by atoms with Gasteiger partial charge >= 0.3 is 0 Å². The molecule has 0 atom stereocenters. The number of benzene rings is 3. The highest BCUT2D eigenvalue weighted by Gasteiger charge is 2.19. The van der Waals surface area contributed by atoms with Crippen molar-refractivity contribution in [1.82, 2.24) is 15.1 Å². The summed E-state index contributed by atoms with van der Waals surface area (Å²) >= 11 is 0. The maximum atomic E-state index is 15.0. The first-order valence-electron chi connectivity index (χ1n) is 11.9. The second-order valence-corrected chi connectivity index (χ2v) is 8.69. The summed E-state index contributed by atoms with van der Waals surface area (Å²) in [5.74, 6) is -1.42. The van der Waals surface area contributed by atoms with Crippen LogP contribution < -0.4 is 15.0 Å². The lowest BCUT2D eigenvalue weighted by Crippen LogP contribution is -2.46. The molecule has 1 aliphatic rings. The molecular formula is C27H27F2N5O2. The Kier molecular flexibility index (Phi) is 6.56. The predicted octanol–water partition coefficient (Wildman–Crippen LogP) is 4.91. The van der Waals surface area contributed by atoms with Crippen LogP contribution in [0.25, 0.3) is 22.0 Å². The van der Waals surface area contributed by atoms with Crippen LogP contribution in [0.1, 0.15) is 17.3 Å². The molecule has 9 heteroatoms. The molecule has 36 heavy (non-hydrogen) atoms. The summed E-state index contributed by atoms with van der Waals surface area (Å²) in [6.07, 6.45) is 0. The van der Waals surface area contributed by atoms with Gasteiger partial charge in [0.15, 0.2) is 17.4 Å². The van der Waals surface area contributed by atoms with E-state index in [4.69, 9.17) is 4.74 Å². The molecule has 0 unspecified atom stereocenters. The van der Waals surface area contributed by atoms with Crippen molar-refractivity contribution in [1.29, 1.82) is 0 Å². The number of nitrogens with zero attached hydrogens (tertiary/aromatic N) is 3. The van der Waals surface area contributed by atoms with E-state index in [-0.39, 0.29) is 28.6 Å². The molecule has 1 saturated heterocycles. The Hall–Kier alpha value is -3.98. The highest BCUT2D eigenvalue weighted by molar-refractivity contribution is 6.08. The van der Waals surface area contributed by atoms with E-state index in [1.54, 1.807) is 18.2 Å². The number of nitrogens with one attached hydrogen (secondary N) is 2. The summed E-state index contributed by atoms with van der Waals surface area (Å²) < 4.78 is 34.7. The topological polar surface area (TPSA) is 73.5 Å². The van der Waals surface area contributed by atoms with Crippen LogP contribution in [0.4, 0.5) is 20.3 Å². The van der Waals surface area contributed by atoms with Gasteiger partial charge in [0, 0.05) is 53.9 Å². The number of carbonyl (C=O) groups is 1. The lowest BCUT2D eigenvalue weighted by molar-refractivity contribution is 0.102. The molecule has 7 nitrogen and oxygen atoms in total. The third-order valence-corrected chi connectivity index (χ3v) is 6.67. The minimum atomic E-state index is -0.651. The lowest BCUT2D eigenvalue weighted by Gasteiger charge is -2.35. The Bertz CT molecular complexity index is 1400. The quantitative estimate of drug-likeness (QED) is 0.401. The van der Waals surface area contributed by atoms with Crippen molar-refractivity contribution in [2.24, 2.45) is 0 Å². The number of piperazine rings is 1. The molecule has 1 amide bonds. The van der Waals surface area contributed by atoms with Crippen LogP contribution >= 0.6 is 0 Å². The number of methoxy groups -OCH3 is 1. The molecule has 1 fully saturated rings. The Labute approximate surface area is 207 Å². The number of aromatic nitrogens is 2. The third kappa shape index (κ3) is 4.49. The van der Waals surface area contributed by atoms with E-state index in [1.807, 2.05) is 12.1 Å². The van der Waals surface area contributed by atoms with E-state index >= 15 is 4.39 Å². The number of hydrogen-bond donors (Lipinski definition) is 2. The molecule has 2 heterocycles. The average molecular weight is 492 g/mol. The minimum Gasteiger partial charge on any atom is -0.494 e. The fraction of sp³-hybridized carbons (Fsp3) is 0.259. The Morgan fingerprint density at radius 3 is 2.50 bits per heavy atom. The molecule has 0 bridgehead atoms. The molecule has 0 spiro atoms. The smallest absolute Gasteiger partial charge is 0.256 e. The summed E-state index contributed by atoms with van der Waals surface area (Å²) in [6.45, 7) is 7.16. The second kappa shape index (κ2) is 9.94. The van der Waals surface area contributed by atoms with E-state index < -0.39 is 11.6 Å². The zero-order valence-electron chi connectivity index (χ0n) is 20.1. The molecule has 4 aromatic rings. The summed E-state index contributed by atoms with van der Waals surface area (Å²) in [5, 5.41) is 10.1. The Morgan fingerprint density at radius 2 is 1.81 bits per heavy atom. The largest absolute Gasteiger partial charge is 0.494 e. The van der Waals surface area contributed by atoms with Crippen molar-refractivity contribution in [3.05, 3.63) is 71.8 Å². The van der Waals surface area contributed by atoms with E-state index in [1.165, 1.54) is 31.4 Å². The maximum Gasteiger partial charge on any atom is 0.256 e. The summed E-state index contributed by atoms with van der Waals surface area (Å²) in [4.78, 5) is 17.6. The number of halogens is 2. The lowest BCUT2D eigenvalue weighted by atomic mass is 10.0. The molecule has 2 N–H and O–H groups in total. The van der Waals surface area contributed by atoms with E-state index in [9.17, 15) is 9.18 Å². The SMILES string of the molecule is CCN1CCN(c2ccc(C(=O)Nc3n[nH]c4cc(-c5cccc(OC)c5F)c(F)cc34)cc2)CC1. The number of likely N-dealkylation sites (N-methyl/N-ethyl adjacent to an activating group) is 1. The van der Waals surface area contributed by atoms with Gasteiger partial charge in [-0.3, -0.25) is 9.89 Å². The van der Waals surface area contributed by atoms with Gasteiger partial charge in [0.2, 0.25) is 0 Å². The second-order valence-electron chi connectivity index (χ2n) is 8.69. The predicted molar refractivity (Wildman–Crippen MR) is 137 cm³/mol. The highest BCUT2D eigenvalue weighted by Crippen LogP contribution is 2.34. The number of hydrogen-bond acceptors (Lipinski definition) is 5. The third-order valence-electron chi connectivity index (χ3n) is 6.67. The minimum absolute atomic E-state index is 0.0267. The first-order chi connectivity index (χ1) is 17.5. The van der Waals surface area contributed by atoms with Gasteiger partial charge < -0.3 is 19.9 Å². The van der Waals surface area contributed by atoms with Crippen LogP contribution in [0, 0.1) is 11.6 Å². The standard InChI is InChI=1S/C27H27F2N5O2/c1-3-33-11-13-34(14-12-33)18-9-7-17(8-10-18)27(35)30-26-21-15-22(28)20(16-23(21)31-32-26)19-5-4-6-24(36-2)25(19)29/h4-10,15-16H,3,11-14H2,1-2H3,(H2,30,31,32,35). The number of fused-ring (bicyclic) bond motifs is 1. The molecule has 0 aliphatic carbocycles. The van der Waals surface area contributed by atoms with Crippen molar-refractivity contribution in [2.75, 3.05) is 50.1 Å². The summed E-state index contributed by atoms with van der Waals surface area (Å²) in [7, 11) is 1.35. The molecule has 0 saturated carbocycles. The van der Waals surface area contributed by atoms with E-state index in [2.05, 4.69) is 32.2 Å². The van der Waals surface area contributed by atoms with Gasteiger partial charge in [-0.1, -0.05) is 19.1 Å². The van der Waals surface area contributed by atoms with Crippen LogP contribution in [-0.4, -0.2) is 60.8 Å². The highest BCUT2D eigenvalue weighted by atomic mass is 19.1. The van der Waals surface area contributed by atoms with Gasteiger partial charge in [-0.25, -0.2) is 8.78 Å². The van der Waals surface area contributed by atoms with Crippen molar-refractivity contribution >= 4 is 28.3 Å². The zero-order valence-corrected chi connectivity index (χ0v) is 20.1. The van der Waals surface area contributed by atoms with E-state index in [0.717, 1.165) is 38.4 Å². The summed E-state index contributed by atoms with van der Waals surface area (Å²) in [6, 6.07) is 14.7. The maximum absolute atomic E-state index is 15.0. The van der Waals surface area contributed by atoms with Crippen LogP contribution in [0.15, 0.2) is 54.6 Å². The number of ether oxygens (including phenoxy) is 1. The van der Waals surface area contributed by atoms with Crippen molar-refractivity contribution in [3.8, 4) is 16.9 Å². The van der Waals surface area contributed by atoms with Crippen LogP contribution in [0.3, 0.4) is 0 Å². The van der Waals surface area contributed by atoms with Crippen LogP contribution in [0.2, 0.25) is 0 Å². The molecule has 0 radical (unpaired) electrons.